The Morgan fingerprint density at radius 3 is 0.857 bits per heavy atom. The molecule has 0 rings (SSSR count). The lowest BCUT2D eigenvalue weighted by atomic mass is 11.8. The molecule has 0 radical (unpaired) electrons. The van der Waals surface area contributed by atoms with Gasteiger partial charge in [0.15, 0.2) is 25.0 Å². The molecule has 0 amide bonds. The predicted octanol–water partition coefficient (Wildman–Crippen LogP) is 6.02. The van der Waals surface area contributed by atoms with Crippen LogP contribution in [0.2, 0.25) is 76.3 Å². The Bertz CT molecular complexity index is 296. The van der Waals surface area contributed by atoms with Gasteiger partial charge in [-0.15, -0.1) is 17.4 Å². The molecular weight excluding hydrogens is 350 g/mol. The highest BCUT2D eigenvalue weighted by Crippen LogP contribution is 2.55. The summed E-state index contributed by atoms with van der Waals surface area (Å²) in [6.07, 6.45) is 0. The van der Waals surface area contributed by atoms with Crippen LogP contribution in [0.25, 0.3) is 0 Å². The molecule has 21 heavy (non-hydrogen) atoms. The van der Waals surface area contributed by atoms with Gasteiger partial charge in [-0.3, -0.25) is 0 Å². The van der Waals surface area contributed by atoms with E-state index in [4.69, 9.17) is 12.6 Å². The average molecular weight is 387 g/mol. The van der Waals surface area contributed by atoms with Crippen LogP contribution in [0.1, 0.15) is 0 Å². The van der Waals surface area contributed by atoms with Crippen molar-refractivity contribution >= 4 is 46.9 Å². The summed E-state index contributed by atoms with van der Waals surface area (Å²) in [5.74, 6) is 6.92. The van der Waals surface area contributed by atoms with Gasteiger partial charge in [0.05, 0.1) is 0 Å². The SMILES string of the molecule is C[Si](C)(C)OP(=O)(O[Si](C)(C)C)O[Si](C)(C)C.[CH3][Al]([CH3])[CH3]. The molecule has 0 bridgehead atoms. The zero-order valence-corrected chi connectivity index (χ0v) is 21.2. The molecule has 0 aromatic rings. The number of rotatable bonds is 6. The molecule has 128 valence electrons. The third kappa shape index (κ3) is 21.3. The van der Waals surface area contributed by atoms with Gasteiger partial charge in [-0.2, -0.15) is 0 Å². The van der Waals surface area contributed by atoms with Gasteiger partial charge in [0.2, 0.25) is 0 Å². The molecule has 0 heterocycles. The van der Waals surface area contributed by atoms with Crippen LogP contribution in [0, 0.1) is 0 Å². The largest absolute Gasteiger partial charge is 0.445 e. The Morgan fingerprint density at radius 2 is 0.762 bits per heavy atom. The van der Waals surface area contributed by atoms with Crippen molar-refractivity contribution in [1.82, 2.24) is 0 Å². The lowest BCUT2D eigenvalue weighted by Crippen LogP contribution is -2.34. The Morgan fingerprint density at radius 1 is 0.619 bits per heavy atom. The topological polar surface area (TPSA) is 44.8 Å². The van der Waals surface area contributed by atoms with Gasteiger partial charge < -0.3 is 12.6 Å². The minimum absolute atomic E-state index is 0.139. The van der Waals surface area contributed by atoms with Crippen LogP contribution in [0.3, 0.4) is 0 Å². The summed E-state index contributed by atoms with van der Waals surface area (Å²) < 4.78 is 29.8. The third-order valence-electron chi connectivity index (χ3n) is 1.16. The highest BCUT2D eigenvalue weighted by Gasteiger charge is 2.41. The first-order chi connectivity index (χ1) is 8.85. The molecule has 0 saturated heterocycles. The van der Waals surface area contributed by atoms with Crippen LogP contribution in [0.5, 0.6) is 0 Å². The average Bonchev–Trinajstić information content (AvgIpc) is 1.85. The molecule has 0 unspecified atom stereocenters. The molecule has 0 saturated carbocycles. The summed E-state index contributed by atoms with van der Waals surface area (Å²) in [5, 5.41) is 0. The minimum atomic E-state index is -3.40. The van der Waals surface area contributed by atoms with E-state index in [1.165, 1.54) is 0 Å². The Balaban J connectivity index is 0. The molecule has 0 aliphatic carbocycles. The molecule has 0 aromatic carbocycles. The summed E-state index contributed by atoms with van der Waals surface area (Å²) in [6.45, 7) is 17.9. The molecule has 4 nitrogen and oxygen atoms in total. The van der Waals surface area contributed by atoms with Crippen molar-refractivity contribution in [2.45, 2.75) is 76.3 Å². The lowest BCUT2D eigenvalue weighted by Gasteiger charge is -2.33. The maximum absolute atomic E-state index is 12.7. The lowest BCUT2D eigenvalue weighted by molar-refractivity contribution is 0.293. The summed E-state index contributed by atoms with van der Waals surface area (Å²) in [4.78, 5) is 0. The van der Waals surface area contributed by atoms with Gasteiger partial charge in [0, 0.05) is 0 Å². The second-order valence-corrected chi connectivity index (χ2v) is 28.0. The fraction of sp³-hybridized carbons (Fsp3) is 1.00. The number of hydrogen-bond acceptors (Lipinski definition) is 4. The fourth-order valence-electron chi connectivity index (χ4n) is 1.06. The van der Waals surface area contributed by atoms with Gasteiger partial charge in [-0.1, -0.05) is 0 Å². The van der Waals surface area contributed by atoms with Gasteiger partial charge in [0.1, 0.15) is 0 Å². The predicted molar refractivity (Wildman–Crippen MR) is 104 cm³/mol. The van der Waals surface area contributed by atoms with Gasteiger partial charge in [-0.05, 0) is 58.9 Å². The van der Waals surface area contributed by atoms with E-state index < -0.39 is 32.8 Å². The van der Waals surface area contributed by atoms with Gasteiger partial charge in [0.25, 0.3) is 14.1 Å². The van der Waals surface area contributed by atoms with Crippen molar-refractivity contribution in [3.05, 3.63) is 0 Å². The van der Waals surface area contributed by atoms with Crippen LogP contribution >= 0.6 is 7.82 Å². The number of hydrogen-bond donors (Lipinski definition) is 0. The van der Waals surface area contributed by atoms with E-state index in [2.05, 4.69) is 17.4 Å². The van der Waals surface area contributed by atoms with Crippen LogP contribution < -0.4 is 0 Å². The first kappa shape index (κ1) is 24.5. The molecule has 0 aliphatic rings. The van der Waals surface area contributed by atoms with E-state index in [1.54, 1.807) is 0 Å². The zero-order valence-electron chi connectivity index (χ0n) is 16.2. The summed E-state index contributed by atoms with van der Waals surface area (Å²) in [6, 6.07) is 0. The normalized spacial score (nSPS) is 13.5. The molecule has 0 N–H and O–H groups in total. The van der Waals surface area contributed by atoms with Crippen LogP contribution in [0.4, 0.5) is 0 Å². The van der Waals surface area contributed by atoms with Crippen molar-refractivity contribution in [3.63, 3.8) is 0 Å². The van der Waals surface area contributed by atoms with Gasteiger partial charge in [-0.25, -0.2) is 4.57 Å². The van der Waals surface area contributed by atoms with Crippen LogP contribution in [0.15, 0.2) is 0 Å². The standard InChI is InChI=1S/C9H27O4PSi3.3CH3.Al/c1-15(2,3)11-14(10,12-16(4,5)6)13-17(7,8)9;;;;/h1-9H3;3*1H3;. The van der Waals surface area contributed by atoms with Crippen molar-refractivity contribution in [2.75, 3.05) is 0 Å². The van der Waals surface area contributed by atoms with Gasteiger partial charge >= 0.3 is 7.82 Å². The first-order valence-electron chi connectivity index (χ1n) is 7.57. The molecule has 0 aromatic heterocycles. The molecule has 0 atom stereocenters. The Labute approximate surface area is 140 Å². The summed E-state index contributed by atoms with van der Waals surface area (Å²) in [7, 11) is -9.28. The molecule has 9 heteroatoms. The zero-order chi connectivity index (χ0) is 17.7. The van der Waals surface area contributed by atoms with E-state index in [1.807, 2.05) is 58.9 Å². The Hall–Kier alpha value is 1.29. The molecular formula is C12H36AlO4PSi3. The van der Waals surface area contributed by atoms with Crippen LogP contribution in [-0.2, 0) is 17.2 Å². The van der Waals surface area contributed by atoms with E-state index in [0.29, 0.717) is 0 Å². The first-order valence-corrected chi connectivity index (χ1v) is 22.7. The van der Waals surface area contributed by atoms with Crippen molar-refractivity contribution in [3.8, 4) is 0 Å². The summed E-state index contributed by atoms with van der Waals surface area (Å²) >= 11 is -0.139. The van der Waals surface area contributed by atoms with E-state index in [0.717, 1.165) is 0 Å². The molecule has 0 fully saturated rings. The van der Waals surface area contributed by atoms with E-state index in [-0.39, 0.29) is 14.1 Å². The van der Waals surface area contributed by atoms with E-state index >= 15 is 0 Å². The highest BCUT2D eigenvalue weighted by atomic mass is 31.2. The maximum atomic E-state index is 12.7. The van der Waals surface area contributed by atoms with Crippen molar-refractivity contribution < 1.29 is 17.2 Å². The third-order valence-corrected chi connectivity index (χ3v) is 10.4. The van der Waals surface area contributed by atoms with Crippen molar-refractivity contribution in [1.29, 1.82) is 0 Å². The monoisotopic (exact) mass is 386 g/mol. The Kier molecular flexibility index (Phi) is 10.5. The number of phosphoric acid groups is 1. The summed E-state index contributed by atoms with van der Waals surface area (Å²) in [5.41, 5.74) is 0. The molecule has 0 spiro atoms. The maximum Gasteiger partial charge on any atom is 0.445 e. The smallest absolute Gasteiger partial charge is 0.331 e. The highest BCUT2D eigenvalue weighted by molar-refractivity contribution is 7.53. The molecule has 0 aliphatic heterocycles. The van der Waals surface area contributed by atoms with Crippen molar-refractivity contribution in [2.24, 2.45) is 0 Å². The second kappa shape index (κ2) is 8.95. The van der Waals surface area contributed by atoms with Crippen LogP contribution in [-0.4, -0.2) is 39.1 Å². The fourth-order valence-corrected chi connectivity index (χ4v) is 10.6. The minimum Gasteiger partial charge on any atom is -0.331 e. The van der Waals surface area contributed by atoms with E-state index in [9.17, 15) is 4.57 Å². The quantitative estimate of drug-likeness (QED) is 0.413. The second-order valence-electron chi connectivity index (χ2n) is 8.79.